The number of benzene rings is 1. The van der Waals surface area contributed by atoms with Gasteiger partial charge < -0.3 is 5.32 Å². The van der Waals surface area contributed by atoms with Gasteiger partial charge in [0.05, 0.1) is 32.8 Å². The molecular weight excluding hydrogens is 314 g/mol. The fraction of sp³-hybridized carbons (Fsp3) is 0.231. The topological polar surface area (TPSA) is 85.1 Å². The van der Waals surface area contributed by atoms with Crippen molar-refractivity contribution in [2.45, 2.75) is 20.4 Å². The van der Waals surface area contributed by atoms with Crippen LogP contribution in [0.15, 0.2) is 18.2 Å². The molecule has 0 unspecified atom stereocenters. The van der Waals surface area contributed by atoms with Gasteiger partial charge in [0, 0.05) is 17.0 Å². The van der Waals surface area contributed by atoms with Gasteiger partial charge in [0.2, 0.25) is 0 Å². The lowest BCUT2D eigenvalue weighted by Gasteiger charge is -2.06. The normalized spacial score (nSPS) is 10.4. The molecule has 0 saturated carbocycles. The first-order chi connectivity index (χ1) is 9.88. The molecule has 0 spiro atoms. The second kappa shape index (κ2) is 6.19. The number of hydrogen-bond donors (Lipinski definition) is 1. The maximum absolute atomic E-state index is 12.1. The molecule has 21 heavy (non-hydrogen) atoms. The first-order valence-corrected chi connectivity index (χ1v) is 7.23. The average Bonchev–Trinajstić information content (AvgIpc) is 2.74. The highest BCUT2D eigenvalue weighted by Gasteiger charge is 2.16. The molecule has 1 heterocycles. The van der Waals surface area contributed by atoms with Gasteiger partial charge >= 0.3 is 0 Å². The van der Waals surface area contributed by atoms with Crippen molar-refractivity contribution in [2.24, 2.45) is 0 Å². The van der Waals surface area contributed by atoms with Crippen molar-refractivity contribution in [2.75, 3.05) is 0 Å². The number of non-ortho nitro benzene ring substituents is 1. The van der Waals surface area contributed by atoms with Gasteiger partial charge in [-0.05, 0) is 19.9 Å². The van der Waals surface area contributed by atoms with Gasteiger partial charge in [0.25, 0.3) is 11.6 Å². The Balaban J connectivity index is 2.15. The van der Waals surface area contributed by atoms with Gasteiger partial charge in [0.15, 0.2) is 0 Å². The van der Waals surface area contributed by atoms with E-state index < -0.39 is 10.8 Å². The van der Waals surface area contributed by atoms with Gasteiger partial charge in [-0.15, -0.1) is 11.3 Å². The number of carbonyl (C=O) groups excluding carboxylic acids is 1. The van der Waals surface area contributed by atoms with Gasteiger partial charge in [0.1, 0.15) is 0 Å². The van der Waals surface area contributed by atoms with Crippen molar-refractivity contribution in [1.29, 1.82) is 0 Å². The molecule has 0 atom stereocenters. The molecule has 1 N–H and O–H groups in total. The largest absolute Gasteiger partial charge is 0.347 e. The van der Waals surface area contributed by atoms with Crippen molar-refractivity contribution < 1.29 is 9.72 Å². The number of carbonyl (C=O) groups is 1. The van der Waals surface area contributed by atoms with E-state index in [1.54, 1.807) is 0 Å². The Kier molecular flexibility index (Phi) is 4.54. The molecular formula is C13H12ClN3O3S. The molecule has 2 rings (SSSR count). The number of nitrogens with zero attached hydrogens (tertiary/aromatic N) is 2. The first kappa shape index (κ1) is 15.4. The number of nitro groups is 1. The second-order valence-electron chi connectivity index (χ2n) is 4.35. The van der Waals surface area contributed by atoms with E-state index in [1.165, 1.54) is 29.5 Å². The third-order valence-corrected chi connectivity index (χ3v) is 4.22. The van der Waals surface area contributed by atoms with Crippen molar-refractivity contribution in [3.63, 3.8) is 0 Å². The summed E-state index contributed by atoms with van der Waals surface area (Å²) in [6.07, 6.45) is 0. The Bertz CT molecular complexity index is 715. The van der Waals surface area contributed by atoms with E-state index in [1.807, 2.05) is 13.8 Å². The smallest absolute Gasteiger partial charge is 0.270 e. The van der Waals surface area contributed by atoms with E-state index in [4.69, 9.17) is 11.6 Å². The van der Waals surface area contributed by atoms with Crippen LogP contribution >= 0.6 is 22.9 Å². The minimum absolute atomic E-state index is 0.0877. The van der Waals surface area contributed by atoms with E-state index in [-0.39, 0.29) is 16.3 Å². The first-order valence-electron chi connectivity index (χ1n) is 6.03. The maximum Gasteiger partial charge on any atom is 0.270 e. The van der Waals surface area contributed by atoms with Crippen LogP contribution in [0.25, 0.3) is 0 Å². The predicted molar refractivity (Wildman–Crippen MR) is 80.9 cm³/mol. The Hall–Kier alpha value is -1.99. The summed E-state index contributed by atoms with van der Waals surface area (Å²) < 4.78 is 0. The summed E-state index contributed by atoms with van der Waals surface area (Å²) in [4.78, 5) is 27.5. The van der Waals surface area contributed by atoms with Crippen LogP contribution in [0.3, 0.4) is 0 Å². The van der Waals surface area contributed by atoms with Gasteiger partial charge in [-0.3, -0.25) is 14.9 Å². The molecule has 0 aliphatic heterocycles. The summed E-state index contributed by atoms with van der Waals surface area (Å²) in [5.41, 5.74) is 0.780. The number of rotatable bonds is 4. The Morgan fingerprint density at radius 2 is 2.19 bits per heavy atom. The molecule has 0 aliphatic carbocycles. The van der Waals surface area contributed by atoms with Crippen LogP contribution in [0, 0.1) is 24.0 Å². The van der Waals surface area contributed by atoms with E-state index >= 15 is 0 Å². The van der Waals surface area contributed by atoms with Crippen LogP contribution in [0.4, 0.5) is 5.69 Å². The maximum atomic E-state index is 12.1. The third-order valence-electron chi connectivity index (χ3n) is 2.81. The van der Waals surface area contributed by atoms with Crippen molar-refractivity contribution in [3.05, 3.63) is 54.5 Å². The molecule has 0 bridgehead atoms. The van der Waals surface area contributed by atoms with Crippen LogP contribution < -0.4 is 5.32 Å². The minimum Gasteiger partial charge on any atom is -0.347 e. The zero-order chi connectivity index (χ0) is 15.6. The van der Waals surface area contributed by atoms with Crippen molar-refractivity contribution in [1.82, 2.24) is 10.3 Å². The highest BCUT2D eigenvalue weighted by Crippen LogP contribution is 2.22. The quantitative estimate of drug-likeness (QED) is 0.690. The highest BCUT2D eigenvalue weighted by atomic mass is 35.5. The number of hydrogen-bond acceptors (Lipinski definition) is 5. The molecule has 0 saturated heterocycles. The van der Waals surface area contributed by atoms with Crippen LogP contribution in [0.5, 0.6) is 0 Å². The predicted octanol–water partition coefficient (Wildman–Crippen LogP) is 3.25. The van der Waals surface area contributed by atoms with Gasteiger partial charge in [-0.2, -0.15) is 0 Å². The molecule has 1 aromatic carbocycles. The minimum atomic E-state index is -0.566. The summed E-state index contributed by atoms with van der Waals surface area (Å²) in [5, 5.41) is 14.5. The fourth-order valence-electron chi connectivity index (χ4n) is 1.79. The number of nitro benzene ring substituents is 1. The van der Waals surface area contributed by atoms with Gasteiger partial charge in [-0.25, -0.2) is 4.98 Å². The van der Waals surface area contributed by atoms with Crippen molar-refractivity contribution in [3.8, 4) is 0 Å². The van der Waals surface area contributed by atoms with Crippen molar-refractivity contribution >= 4 is 34.5 Å². The highest BCUT2D eigenvalue weighted by molar-refractivity contribution is 7.11. The van der Waals surface area contributed by atoms with E-state index in [9.17, 15) is 14.9 Å². The monoisotopic (exact) mass is 325 g/mol. The molecule has 1 aromatic heterocycles. The lowest BCUT2D eigenvalue weighted by molar-refractivity contribution is -0.384. The molecule has 8 heteroatoms. The SMILES string of the molecule is Cc1nc(C)c(CNC(=O)c2cc([N+](=O)[O-])ccc2Cl)s1. The van der Waals surface area contributed by atoms with E-state index in [0.29, 0.717) is 6.54 Å². The molecule has 110 valence electrons. The molecule has 6 nitrogen and oxygen atoms in total. The second-order valence-corrected chi connectivity index (χ2v) is 6.04. The summed E-state index contributed by atoms with van der Waals surface area (Å²) in [6.45, 7) is 4.07. The van der Waals surface area contributed by atoms with Gasteiger partial charge in [-0.1, -0.05) is 11.6 Å². The van der Waals surface area contributed by atoms with Crippen LogP contribution in [-0.2, 0) is 6.54 Å². The van der Waals surface area contributed by atoms with E-state index in [2.05, 4.69) is 10.3 Å². The fourth-order valence-corrected chi connectivity index (χ4v) is 2.87. The Labute approximate surface area is 129 Å². The lowest BCUT2D eigenvalue weighted by Crippen LogP contribution is -2.23. The average molecular weight is 326 g/mol. The number of nitrogens with one attached hydrogen (secondary N) is 1. The Morgan fingerprint density at radius 3 is 2.76 bits per heavy atom. The molecule has 1 amide bonds. The van der Waals surface area contributed by atoms with Crippen LogP contribution in [-0.4, -0.2) is 15.8 Å². The molecule has 0 aliphatic rings. The zero-order valence-electron chi connectivity index (χ0n) is 11.3. The third kappa shape index (κ3) is 3.56. The zero-order valence-corrected chi connectivity index (χ0v) is 12.9. The van der Waals surface area contributed by atoms with Crippen LogP contribution in [0.2, 0.25) is 5.02 Å². The Morgan fingerprint density at radius 1 is 1.48 bits per heavy atom. The number of amides is 1. The molecule has 0 fully saturated rings. The lowest BCUT2D eigenvalue weighted by atomic mass is 10.2. The summed E-state index contributed by atoms with van der Waals surface area (Å²) in [5.74, 6) is -0.450. The summed E-state index contributed by atoms with van der Waals surface area (Å²) in [7, 11) is 0. The summed E-state index contributed by atoms with van der Waals surface area (Å²) in [6, 6.07) is 3.77. The molecule has 2 aromatic rings. The number of aryl methyl sites for hydroxylation is 2. The number of thiazole rings is 1. The van der Waals surface area contributed by atoms with Crippen LogP contribution in [0.1, 0.15) is 25.9 Å². The van der Waals surface area contributed by atoms with E-state index in [0.717, 1.165) is 15.6 Å². The number of aromatic nitrogens is 1. The standard InChI is InChI=1S/C13H12ClN3O3S/c1-7-12(21-8(2)16-7)6-15-13(18)10-5-9(17(19)20)3-4-11(10)14/h3-5H,6H2,1-2H3,(H,15,18). The molecule has 0 radical (unpaired) electrons. The summed E-state index contributed by atoms with van der Waals surface area (Å²) >= 11 is 7.42. The number of halogens is 1.